The molecular weight excluding hydrogens is 387 g/mol. The van der Waals surface area contributed by atoms with Crippen LogP contribution in [-0.4, -0.2) is 55.2 Å². The molecule has 1 amide bonds. The Balaban J connectivity index is 1.59. The zero-order valence-electron chi connectivity index (χ0n) is 11.3. The van der Waals surface area contributed by atoms with E-state index in [4.69, 9.17) is 4.74 Å². The number of carbonyl (C=O) groups excluding carboxylic acids is 1. The zero-order chi connectivity index (χ0) is 14.2. The molecule has 0 spiro atoms. The van der Waals surface area contributed by atoms with Gasteiger partial charge in [0, 0.05) is 34.6 Å². The molecular formula is C14H19IN2O2S. The lowest BCUT2D eigenvalue weighted by Gasteiger charge is -2.26. The van der Waals surface area contributed by atoms with Crippen molar-refractivity contribution in [1.82, 2.24) is 4.90 Å². The van der Waals surface area contributed by atoms with E-state index in [1.54, 1.807) is 11.8 Å². The van der Waals surface area contributed by atoms with E-state index in [9.17, 15) is 4.79 Å². The first-order valence-corrected chi connectivity index (χ1v) is 8.90. The van der Waals surface area contributed by atoms with Gasteiger partial charge in [0.05, 0.1) is 19.0 Å². The van der Waals surface area contributed by atoms with Gasteiger partial charge in [-0.05, 0) is 46.9 Å². The second kappa shape index (κ2) is 8.86. The van der Waals surface area contributed by atoms with Gasteiger partial charge in [-0.25, -0.2) is 0 Å². The normalized spacial score (nSPS) is 16.1. The lowest BCUT2D eigenvalue weighted by Crippen LogP contribution is -2.37. The van der Waals surface area contributed by atoms with Gasteiger partial charge in [0.1, 0.15) is 0 Å². The molecule has 1 aliphatic rings. The minimum absolute atomic E-state index is 0.0678. The summed E-state index contributed by atoms with van der Waals surface area (Å²) in [6.45, 7) is 4.71. The lowest BCUT2D eigenvalue weighted by atomic mass is 10.3. The number of hydrogen-bond donors (Lipinski definition) is 1. The number of hydrogen-bond acceptors (Lipinski definition) is 4. The van der Waals surface area contributed by atoms with Crippen molar-refractivity contribution in [1.29, 1.82) is 0 Å². The summed E-state index contributed by atoms with van der Waals surface area (Å²) in [5, 5.41) is 2.91. The van der Waals surface area contributed by atoms with Crippen LogP contribution in [0.4, 0.5) is 5.69 Å². The van der Waals surface area contributed by atoms with Gasteiger partial charge in [0.25, 0.3) is 0 Å². The molecule has 0 atom stereocenters. The second-order valence-electron chi connectivity index (χ2n) is 4.56. The molecule has 0 saturated carbocycles. The van der Waals surface area contributed by atoms with Crippen molar-refractivity contribution in [3.05, 3.63) is 27.8 Å². The quantitative estimate of drug-likeness (QED) is 0.582. The van der Waals surface area contributed by atoms with E-state index in [2.05, 4.69) is 32.8 Å². The largest absolute Gasteiger partial charge is 0.379 e. The molecule has 1 saturated heterocycles. The van der Waals surface area contributed by atoms with Crippen LogP contribution in [0.25, 0.3) is 0 Å². The standard InChI is InChI=1S/C14H19IN2O2S/c15-12-1-3-13(4-2-12)16-14(18)11-20-10-7-17-5-8-19-9-6-17/h1-4H,5-11H2,(H,16,18). The Bertz CT molecular complexity index is 422. The first-order valence-electron chi connectivity index (χ1n) is 6.67. The molecule has 0 bridgehead atoms. The monoisotopic (exact) mass is 406 g/mol. The van der Waals surface area contributed by atoms with Crippen LogP contribution >= 0.6 is 34.4 Å². The molecule has 20 heavy (non-hydrogen) atoms. The van der Waals surface area contributed by atoms with E-state index < -0.39 is 0 Å². The van der Waals surface area contributed by atoms with Gasteiger partial charge in [0.2, 0.25) is 5.91 Å². The predicted molar refractivity (Wildman–Crippen MR) is 92.4 cm³/mol. The number of halogens is 1. The van der Waals surface area contributed by atoms with Crippen molar-refractivity contribution in [3.8, 4) is 0 Å². The number of morpholine rings is 1. The summed E-state index contributed by atoms with van der Waals surface area (Å²) in [4.78, 5) is 14.2. The third-order valence-corrected chi connectivity index (χ3v) is 4.67. The topological polar surface area (TPSA) is 41.6 Å². The molecule has 0 aliphatic carbocycles. The number of benzene rings is 1. The number of nitrogens with one attached hydrogen (secondary N) is 1. The van der Waals surface area contributed by atoms with Gasteiger partial charge in [-0.2, -0.15) is 11.8 Å². The molecule has 2 rings (SSSR count). The molecule has 1 fully saturated rings. The summed E-state index contributed by atoms with van der Waals surface area (Å²) < 4.78 is 6.47. The van der Waals surface area contributed by atoms with Crippen LogP contribution in [0.5, 0.6) is 0 Å². The van der Waals surface area contributed by atoms with Crippen LogP contribution in [-0.2, 0) is 9.53 Å². The molecule has 1 aromatic carbocycles. The number of amides is 1. The first kappa shape index (κ1) is 16.1. The van der Waals surface area contributed by atoms with E-state index in [0.29, 0.717) is 5.75 Å². The van der Waals surface area contributed by atoms with Crippen LogP contribution in [0, 0.1) is 3.57 Å². The van der Waals surface area contributed by atoms with E-state index >= 15 is 0 Å². The third kappa shape index (κ3) is 5.99. The predicted octanol–water partition coefficient (Wildman–Crippen LogP) is 2.30. The lowest BCUT2D eigenvalue weighted by molar-refractivity contribution is -0.113. The Morgan fingerprint density at radius 1 is 1.30 bits per heavy atom. The minimum Gasteiger partial charge on any atom is -0.379 e. The van der Waals surface area contributed by atoms with Crippen molar-refractivity contribution in [2.45, 2.75) is 0 Å². The van der Waals surface area contributed by atoms with Crippen molar-refractivity contribution < 1.29 is 9.53 Å². The molecule has 0 radical (unpaired) electrons. The van der Waals surface area contributed by atoms with E-state index in [0.717, 1.165) is 44.3 Å². The number of nitrogens with zero attached hydrogens (tertiary/aromatic N) is 1. The van der Waals surface area contributed by atoms with E-state index in [1.165, 1.54) is 3.57 Å². The average molecular weight is 406 g/mol. The summed E-state index contributed by atoms with van der Waals surface area (Å²) in [6, 6.07) is 7.83. The highest BCUT2D eigenvalue weighted by atomic mass is 127. The Kier molecular flexibility index (Phi) is 7.12. The zero-order valence-corrected chi connectivity index (χ0v) is 14.3. The molecule has 1 aromatic rings. The number of rotatable bonds is 6. The third-order valence-electron chi connectivity index (χ3n) is 3.02. The summed E-state index contributed by atoms with van der Waals surface area (Å²) in [6.07, 6.45) is 0. The van der Waals surface area contributed by atoms with Gasteiger partial charge in [-0.15, -0.1) is 0 Å². The van der Waals surface area contributed by atoms with Gasteiger partial charge < -0.3 is 10.1 Å². The number of carbonyl (C=O) groups is 1. The van der Waals surface area contributed by atoms with Crippen LogP contribution in [0.15, 0.2) is 24.3 Å². The fourth-order valence-electron chi connectivity index (χ4n) is 1.91. The Morgan fingerprint density at radius 2 is 2.00 bits per heavy atom. The minimum atomic E-state index is 0.0678. The summed E-state index contributed by atoms with van der Waals surface area (Å²) in [7, 11) is 0. The smallest absolute Gasteiger partial charge is 0.234 e. The molecule has 1 heterocycles. The van der Waals surface area contributed by atoms with Crippen molar-refractivity contribution in [3.63, 3.8) is 0 Å². The number of ether oxygens (including phenoxy) is 1. The van der Waals surface area contributed by atoms with Gasteiger partial charge in [0.15, 0.2) is 0 Å². The Morgan fingerprint density at radius 3 is 2.70 bits per heavy atom. The summed E-state index contributed by atoms with van der Waals surface area (Å²) in [5.74, 6) is 1.56. The summed E-state index contributed by atoms with van der Waals surface area (Å²) >= 11 is 3.93. The molecule has 0 aromatic heterocycles. The SMILES string of the molecule is O=C(CSCCN1CCOCC1)Nc1ccc(I)cc1. The highest BCUT2D eigenvalue weighted by Crippen LogP contribution is 2.12. The molecule has 1 aliphatic heterocycles. The average Bonchev–Trinajstić information content (AvgIpc) is 2.47. The van der Waals surface area contributed by atoms with Crippen LogP contribution in [0.3, 0.4) is 0 Å². The van der Waals surface area contributed by atoms with Gasteiger partial charge in [-0.3, -0.25) is 9.69 Å². The Hall–Kier alpha value is -0.310. The molecule has 0 unspecified atom stereocenters. The fourth-order valence-corrected chi connectivity index (χ4v) is 3.06. The molecule has 4 nitrogen and oxygen atoms in total. The second-order valence-corrected chi connectivity index (χ2v) is 6.91. The maximum absolute atomic E-state index is 11.8. The molecule has 1 N–H and O–H groups in total. The van der Waals surface area contributed by atoms with Crippen molar-refractivity contribution >= 4 is 45.9 Å². The highest BCUT2D eigenvalue weighted by molar-refractivity contribution is 14.1. The maximum Gasteiger partial charge on any atom is 0.234 e. The fraction of sp³-hybridized carbons (Fsp3) is 0.500. The molecule has 6 heteroatoms. The molecule has 110 valence electrons. The number of thioether (sulfide) groups is 1. The Labute approximate surface area is 137 Å². The van der Waals surface area contributed by atoms with E-state index in [-0.39, 0.29) is 5.91 Å². The van der Waals surface area contributed by atoms with Crippen LogP contribution in [0.2, 0.25) is 0 Å². The van der Waals surface area contributed by atoms with Crippen LogP contribution in [0.1, 0.15) is 0 Å². The summed E-state index contributed by atoms with van der Waals surface area (Å²) in [5.41, 5.74) is 0.865. The van der Waals surface area contributed by atoms with Crippen LogP contribution < -0.4 is 5.32 Å². The van der Waals surface area contributed by atoms with Crippen molar-refractivity contribution in [2.24, 2.45) is 0 Å². The van der Waals surface area contributed by atoms with Crippen molar-refractivity contribution in [2.75, 3.05) is 49.7 Å². The number of anilines is 1. The van der Waals surface area contributed by atoms with E-state index in [1.807, 2.05) is 24.3 Å². The highest BCUT2D eigenvalue weighted by Gasteiger charge is 2.10. The van der Waals surface area contributed by atoms with Gasteiger partial charge >= 0.3 is 0 Å². The first-order chi connectivity index (χ1) is 9.74. The maximum atomic E-state index is 11.8. The van der Waals surface area contributed by atoms with Gasteiger partial charge in [-0.1, -0.05) is 0 Å².